The maximum atomic E-state index is 12.8. The fourth-order valence-corrected chi connectivity index (χ4v) is 3.25. The Morgan fingerprint density at radius 2 is 1.52 bits per heavy atom. The van der Waals surface area contributed by atoms with E-state index in [0.29, 0.717) is 15.7 Å². The van der Waals surface area contributed by atoms with Crippen LogP contribution in [0.3, 0.4) is 0 Å². The van der Waals surface area contributed by atoms with Crippen molar-refractivity contribution in [2.24, 2.45) is 0 Å². The molecule has 2 amide bonds. The third kappa shape index (κ3) is 3.38. The molecule has 0 saturated carbocycles. The minimum atomic E-state index is -0.627. The zero-order valence-electron chi connectivity index (χ0n) is 13.4. The van der Waals surface area contributed by atoms with E-state index >= 15 is 0 Å². The maximum absolute atomic E-state index is 12.8. The quantitative estimate of drug-likeness (QED) is 0.740. The Kier molecular flexibility index (Phi) is 4.78. The standard InChI is InChI=1S/C18H13Cl3N2O2/c1-9-3-4-10(2)14(5-9)22-16-15(21)17(24)23(18(16)25)13-7-11(19)6-12(20)8-13/h3-8,22H,1-2H3. The van der Waals surface area contributed by atoms with Crippen molar-refractivity contribution in [3.8, 4) is 0 Å². The Morgan fingerprint density at radius 1 is 0.880 bits per heavy atom. The first kappa shape index (κ1) is 17.8. The molecular weight excluding hydrogens is 383 g/mol. The molecule has 1 aliphatic rings. The van der Waals surface area contributed by atoms with Crippen LogP contribution in [0.5, 0.6) is 0 Å². The molecule has 1 N–H and O–H groups in total. The molecule has 0 radical (unpaired) electrons. The van der Waals surface area contributed by atoms with E-state index < -0.39 is 11.8 Å². The fraction of sp³-hybridized carbons (Fsp3) is 0.111. The van der Waals surface area contributed by atoms with Crippen LogP contribution in [0.25, 0.3) is 0 Å². The normalized spacial score (nSPS) is 14.5. The molecule has 2 aromatic carbocycles. The number of rotatable bonds is 3. The molecular formula is C18H13Cl3N2O2. The molecule has 0 saturated heterocycles. The molecule has 2 aromatic rings. The molecule has 7 heteroatoms. The highest BCUT2D eigenvalue weighted by Crippen LogP contribution is 2.33. The Morgan fingerprint density at radius 3 is 2.16 bits per heavy atom. The van der Waals surface area contributed by atoms with Crippen LogP contribution >= 0.6 is 34.8 Å². The summed E-state index contributed by atoms with van der Waals surface area (Å²) in [5.74, 6) is -1.19. The van der Waals surface area contributed by atoms with Gasteiger partial charge in [0.05, 0.1) is 5.69 Å². The van der Waals surface area contributed by atoms with E-state index in [4.69, 9.17) is 34.8 Å². The van der Waals surface area contributed by atoms with Gasteiger partial charge < -0.3 is 5.32 Å². The maximum Gasteiger partial charge on any atom is 0.283 e. The molecule has 3 rings (SSSR count). The summed E-state index contributed by atoms with van der Waals surface area (Å²) < 4.78 is 0. The van der Waals surface area contributed by atoms with Gasteiger partial charge >= 0.3 is 0 Å². The van der Waals surface area contributed by atoms with Gasteiger partial charge in [-0.3, -0.25) is 9.59 Å². The highest BCUT2D eigenvalue weighted by atomic mass is 35.5. The second kappa shape index (κ2) is 6.71. The van der Waals surface area contributed by atoms with Crippen LogP contribution in [0.4, 0.5) is 11.4 Å². The number of carbonyl (C=O) groups is 2. The number of nitrogens with zero attached hydrogens (tertiary/aromatic N) is 1. The van der Waals surface area contributed by atoms with Crippen molar-refractivity contribution in [3.05, 3.63) is 68.3 Å². The van der Waals surface area contributed by atoms with Crippen LogP contribution in [0.2, 0.25) is 10.0 Å². The van der Waals surface area contributed by atoms with Crippen molar-refractivity contribution < 1.29 is 9.59 Å². The number of carbonyl (C=O) groups excluding carboxylic acids is 2. The van der Waals surface area contributed by atoms with Gasteiger partial charge in [0, 0.05) is 15.7 Å². The van der Waals surface area contributed by atoms with Crippen LogP contribution < -0.4 is 10.2 Å². The van der Waals surface area contributed by atoms with Crippen molar-refractivity contribution in [2.45, 2.75) is 13.8 Å². The molecule has 0 fully saturated rings. The highest BCUT2D eigenvalue weighted by molar-refractivity contribution is 6.53. The van der Waals surface area contributed by atoms with Crippen LogP contribution in [-0.4, -0.2) is 11.8 Å². The highest BCUT2D eigenvalue weighted by Gasteiger charge is 2.39. The average Bonchev–Trinajstić information content (AvgIpc) is 2.73. The molecule has 0 unspecified atom stereocenters. The summed E-state index contributed by atoms with van der Waals surface area (Å²) in [4.78, 5) is 26.2. The molecule has 1 heterocycles. The summed E-state index contributed by atoms with van der Waals surface area (Å²) in [6.07, 6.45) is 0. The largest absolute Gasteiger partial charge is 0.349 e. The van der Waals surface area contributed by atoms with Crippen molar-refractivity contribution >= 4 is 58.0 Å². The third-order valence-corrected chi connectivity index (χ3v) is 4.57. The fourth-order valence-electron chi connectivity index (χ4n) is 2.52. The number of nitrogens with one attached hydrogen (secondary N) is 1. The molecule has 4 nitrogen and oxygen atoms in total. The van der Waals surface area contributed by atoms with Gasteiger partial charge in [-0.05, 0) is 49.2 Å². The van der Waals surface area contributed by atoms with Crippen LogP contribution in [-0.2, 0) is 9.59 Å². The van der Waals surface area contributed by atoms with E-state index in [0.717, 1.165) is 16.0 Å². The minimum absolute atomic E-state index is 0.0245. The van der Waals surface area contributed by atoms with Gasteiger partial charge in [0.15, 0.2) is 0 Å². The van der Waals surface area contributed by atoms with E-state index in [-0.39, 0.29) is 16.4 Å². The van der Waals surface area contributed by atoms with Gasteiger partial charge in [0.1, 0.15) is 10.7 Å². The van der Waals surface area contributed by atoms with E-state index in [1.54, 1.807) is 0 Å². The monoisotopic (exact) mass is 394 g/mol. The van der Waals surface area contributed by atoms with Gasteiger partial charge in [-0.1, -0.05) is 46.9 Å². The van der Waals surface area contributed by atoms with E-state index in [2.05, 4.69) is 5.32 Å². The predicted octanol–water partition coefficient (Wildman–Crippen LogP) is 5.05. The number of halogens is 3. The number of benzene rings is 2. The summed E-state index contributed by atoms with van der Waals surface area (Å²) in [5, 5.41) is 3.43. The lowest BCUT2D eigenvalue weighted by molar-refractivity contribution is -0.120. The summed E-state index contributed by atoms with van der Waals surface area (Å²) >= 11 is 18.1. The van der Waals surface area contributed by atoms with Gasteiger partial charge in [-0.15, -0.1) is 0 Å². The molecule has 25 heavy (non-hydrogen) atoms. The molecule has 128 valence electrons. The Hall–Kier alpha value is -2.01. The summed E-state index contributed by atoms with van der Waals surface area (Å²) in [6.45, 7) is 3.83. The average molecular weight is 396 g/mol. The van der Waals surface area contributed by atoms with Crippen molar-refractivity contribution in [3.63, 3.8) is 0 Å². The van der Waals surface area contributed by atoms with Crippen LogP contribution in [0, 0.1) is 13.8 Å². The Bertz CT molecular complexity index is 918. The zero-order chi connectivity index (χ0) is 18.3. The Balaban J connectivity index is 1.98. The van der Waals surface area contributed by atoms with E-state index in [1.165, 1.54) is 18.2 Å². The topological polar surface area (TPSA) is 49.4 Å². The van der Waals surface area contributed by atoms with Crippen molar-refractivity contribution in [1.29, 1.82) is 0 Å². The minimum Gasteiger partial charge on any atom is -0.349 e. The molecule has 0 aromatic heterocycles. The number of anilines is 2. The number of imide groups is 1. The number of hydrogen-bond acceptors (Lipinski definition) is 3. The van der Waals surface area contributed by atoms with Gasteiger partial charge in [0.25, 0.3) is 11.8 Å². The third-order valence-electron chi connectivity index (χ3n) is 3.79. The smallest absolute Gasteiger partial charge is 0.283 e. The first-order chi connectivity index (χ1) is 11.8. The second-order valence-electron chi connectivity index (χ2n) is 5.71. The van der Waals surface area contributed by atoms with Crippen LogP contribution in [0.15, 0.2) is 47.1 Å². The molecule has 1 aliphatic heterocycles. The molecule has 0 atom stereocenters. The van der Waals surface area contributed by atoms with Gasteiger partial charge in [0.2, 0.25) is 0 Å². The van der Waals surface area contributed by atoms with Crippen molar-refractivity contribution in [1.82, 2.24) is 0 Å². The lowest BCUT2D eigenvalue weighted by Crippen LogP contribution is -2.32. The lowest BCUT2D eigenvalue weighted by Gasteiger charge is -2.16. The number of amides is 2. The SMILES string of the molecule is Cc1ccc(C)c(NC2=C(Cl)C(=O)N(c3cc(Cl)cc(Cl)c3)C2=O)c1. The van der Waals surface area contributed by atoms with Crippen LogP contribution in [0.1, 0.15) is 11.1 Å². The van der Waals surface area contributed by atoms with Gasteiger partial charge in [-0.25, -0.2) is 4.90 Å². The first-order valence-electron chi connectivity index (χ1n) is 7.37. The molecule has 0 spiro atoms. The number of hydrogen-bond donors (Lipinski definition) is 1. The Labute approximate surface area is 160 Å². The van der Waals surface area contributed by atoms with Gasteiger partial charge in [-0.2, -0.15) is 0 Å². The number of aryl methyl sites for hydroxylation is 2. The van der Waals surface area contributed by atoms with E-state index in [1.807, 2.05) is 32.0 Å². The van der Waals surface area contributed by atoms with Crippen molar-refractivity contribution in [2.75, 3.05) is 10.2 Å². The molecule has 0 aliphatic carbocycles. The summed E-state index contributed by atoms with van der Waals surface area (Å²) in [7, 11) is 0. The lowest BCUT2D eigenvalue weighted by atomic mass is 10.1. The predicted molar refractivity (Wildman–Crippen MR) is 101 cm³/mol. The second-order valence-corrected chi connectivity index (χ2v) is 6.96. The van der Waals surface area contributed by atoms with E-state index in [9.17, 15) is 9.59 Å². The zero-order valence-corrected chi connectivity index (χ0v) is 15.6. The first-order valence-corrected chi connectivity index (χ1v) is 8.50. The summed E-state index contributed by atoms with van der Waals surface area (Å²) in [6, 6.07) is 10.2. The summed E-state index contributed by atoms with van der Waals surface area (Å²) in [5.41, 5.74) is 2.94. The molecule has 0 bridgehead atoms.